The molecule has 3 aromatic carbocycles. The molecule has 2 saturated heterocycles. The van der Waals surface area contributed by atoms with Crippen LogP contribution >= 0.6 is 0 Å². The van der Waals surface area contributed by atoms with Crippen molar-refractivity contribution >= 4 is 42.1 Å². The lowest BCUT2D eigenvalue weighted by atomic mass is 9.82. The second kappa shape index (κ2) is 11.1. The fraction of sp³-hybridized carbons (Fsp3) is 0.394. The molecule has 0 radical (unpaired) electrons. The highest BCUT2D eigenvalue weighted by Crippen LogP contribution is 2.60. The lowest BCUT2D eigenvalue weighted by Gasteiger charge is -2.37. The SMILES string of the molecule is COc1ccc([Si](C)(C)[C@@H]2[C@@H](CCO)O[C@]3(C(=O)N(Cc4cccc(N5CCC5=O)c4)c4ccc([N+](=O)[O-])cc43)[C@H]2C)cc1. The predicted octanol–water partition coefficient (Wildman–Crippen LogP) is 4.49. The first-order valence-corrected chi connectivity index (χ1v) is 18.0. The number of carbonyl (C=O) groups excluding carboxylic acids is 2. The highest BCUT2D eigenvalue weighted by Gasteiger charge is 2.66. The summed E-state index contributed by atoms with van der Waals surface area (Å²) in [4.78, 5) is 41.7. The molecule has 0 unspecified atom stereocenters. The monoisotopic (exact) mass is 615 g/mol. The van der Waals surface area contributed by atoms with Gasteiger partial charge in [0.1, 0.15) is 5.75 Å². The molecule has 2 fully saturated rings. The van der Waals surface area contributed by atoms with E-state index in [-0.39, 0.29) is 42.1 Å². The van der Waals surface area contributed by atoms with E-state index in [0.717, 1.165) is 22.2 Å². The summed E-state index contributed by atoms with van der Waals surface area (Å²) < 4.78 is 12.2. The molecule has 6 rings (SSSR count). The summed E-state index contributed by atoms with van der Waals surface area (Å²) >= 11 is 0. The Bertz CT molecular complexity index is 1630. The van der Waals surface area contributed by atoms with Crippen LogP contribution in [0.1, 0.15) is 30.9 Å². The van der Waals surface area contributed by atoms with Gasteiger partial charge < -0.3 is 24.4 Å². The largest absolute Gasteiger partial charge is 0.497 e. The lowest BCUT2D eigenvalue weighted by Crippen LogP contribution is -2.51. The number of anilines is 2. The van der Waals surface area contributed by atoms with Crippen LogP contribution in [0.15, 0.2) is 66.7 Å². The molecular weight excluding hydrogens is 578 g/mol. The van der Waals surface area contributed by atoms with Crippen molar-refractivity contribution in [1.82, 2.24) is 0 Å². The average Bonchev–Trinajstić information content (AvgIpc) is 3.43. The summed E-state index contributed by atoms with van der Waals surface area (Å²) in [5.74, 6) is 0.207. The predicted molar refractivity (Wildman–Crippen MR) is 169 cm³/mol. The van der Waals surface area contributed by atoms with Crippen molar-refractivity contribution in [1.29, 1.82) is 0 Å². The van der Waals surface area contributed by atoms with Gasteiger partial charge in [-0.25, -0.2) is 0 Å². The summed E-state index contributed by atoms with van der Waals surface area (Å²) in [5, 5.41) is 23.2. The van der Waals surface area contributed by atoms with Crippen LogP contribution in [0.3, 0.4) is 0 Å². The number of aliphatic hydroxyl groups is 1. The van der Waals surface area contributed by atoms with Crippen LogP contribution in [-0.4, -0.2) is 56.3 Å². The van der Waals surface area contributed by atoms with Gasteiger partial charge in [-0.3, -0.25) is 19.7 Å². The van der Waals surface area contributed by atoms with Crippen molar-refractivity contribution in [2.24, 2.45) is 5.92 Å². The van der Waals surface area contributed by atoms with Gasteiger partial charge in [0.25, 0.3) is 11.6 Å². The number of benzene rings is 3. The minimum atomic E-state index is -2.38. The number of rotatable bonds is 9. The Morgan fingerprint density at radius 1 is 1.11 bits per heavy atom. The van der Waals surface area contributed by atoms with Gasteiger partial charge in [-0.1, -0.05) is 49.5 Å². The summed E-state index contributed by atoms with van der Waals surface area (Å²) in [7, 11) is -0.754. The van der Waals surface area contributed by atoms with E-state index in [1.54, 1.807) is 23.0 Å². The molecule has 0 aliphatic carbocycles. The lowest BCUT2D eigenvalue weighted by molar-refractivity contribution is -0.385. The van der Waals surface area contributed by atoms with Crippen molar-refractivity contribution < 1.29 is 29.1 Å². The van der Waals surface area contributed by atoms with Crippen LogP contribution in [-0.2, 0) is 26.5 Å². The number of fused-ring (bicyclic) bond motifs is 2. The van der Waals surface area contributed by atoms with E-state index in [9.17, 15) is 24.8 Å². The van der Waals surface area contributed by atoms with Gasteiger partial charge in [0.15, 0.2) is 5.60 Å². The van der Waals surface area contributed by atoms with Crippen LogP contribution < -0.4 is 19.7 Å². The summed E-state index contributed by atoms with van der Waals surface area (Å²) in [6.45, 7) is 7.27. The fourth-order valence-corrected chi connectivity index (χ4v) is 11.6. The quantitative estimate of drug-likeness (QED) is 0.163. The number of hydrogen-bond donors (Lipinski definition) is 1. The Hall–Kier alpha value is -4.06. The summed E-state index contributed by atoms with van der Waals surface area (Å²) in [6.07, 6.45) is 0.424. The van der Waals surface area contributed by atoms with Crippen molar-refractivity contribution in [2.45, 2.75) is 56.7 Å². The first-order valence-electron chi connectivity index (χ1n) is 15.0. The minimum Gasteiger partial charge on any atom is -0.497 e. The number of non-ortho nitro benzene ring substituents is 1. The number of aliphatic hydroxyl groups excluding tert-OH is 1. The Morgan fingerprint density at radius 3 is 2.48 bits per heavy atom. The van der Waals surface area contributed by atoms with Crippen LogP contribution in [0.4, 0.5) is 17.1 Å². The van der Waals surface area contributed by atoms with Crippen molar-refractivity contribution in [3.63, 3.8) is 0 Å². The third kappa shape index (κ3) is 4.61. The number of nitro groups is 1. The zero-order valence-corrected chi connectivity index (χ0v) is 26.4. The van der Waals surface area contributed by atoms with E-state index in [0.29, 0.717) is 30.6 Å². The molecule has 4 atom stereocenters. The number of carbonyl (C=O) groups is 2. The molecule has 0 bridgehead atoms. The first kappa shape index (κ1) is 30.0. The van der Waals surface area contributed by atoms with E-state index >= 15 is 0 Å². The number of methoxy groups -OCH3 is 1. The Labute approximate surface area is 257 Å². The number of ether oxygens (including phenoxy) is 2. The first-order chi connectivity index (χ1) is 21.0. The molecule has 2 amide bonds. The van der Waals surface area contributed by atoms with Gasteiger partial charge in [0, 0.05) is 48.9 Å². The molecule has 3 aromatic rings. The molecule has 44 heavy (non-hydrogen) atoms. The maximum absolute atomic E-state index is 14.8. The molecule has 0 aromatic heterocycles. The number of β-lactam (4-membered cyclic amide) rings is 1. The van der Waals surface area contributed by atoms with E-state index in [2.05, 4.69) is 25.2 Å². The number of nitrogens with zero attached hydrogens (tertiary/aromatic N) is 3. The molecule has 1 N–H and O–H groups in total. The maximum Gasteiger partial charge on any atom is 0.269 e. The zero-order chi connectivity index (χ0) is 31.4. The highest BCUT2D eigenvalue weighted by molar-refractivity contribution is 6.91. The summed E-state index contributed by atoms with van der Waals surface area (Å²) in [5.41, 5.74) is 1.03. The standard InChI is InChI=1S/C33H37N3O7Si/c1-21-31(44(3,4)26-11-9-25(42-2)10-12-26)29(15-17-37)43-33(21)27-19-24(36(40)41)8-13-28(27)35(32(33)39)20-22-6-5-7-23(18-22)34-16-14-30(34)38/h5-13,18-19,21,29,31,37H,14-17,20H2,1-4H3/t21-,29+,31-,33+/m0/s1. The molecule has 10 nitrogen and oxygen atoms in total. The molecule has 3 heterocycles. The van der Waals surface area contributed by atoms with Crippen molar-refractivity contribution in [3.05, 3.63) is 88.0 Å². The van der Waals surface area contributed by atoms with Gasteiger partial charge in [-0.2, -0.15) is 0 Å². The van der Waals surface area contributed by atoms with Gasteiger partial charge in [-0.05, 0) is 47.9 Å². The van der Waals surface area contributed by atoms with Gasteiger partial charge in [0.05, 0.1) is 38.4 Å². The normalized spacial score (nSPS) is 24.5. The average molecular weight is 616 g/mol. The second-order valence-corrected chi connectivity index (χ2v) is 17.2. The zero-order valence-electron chi connectivity index (χ0n) is 25.4. The van der Waals surface area contributed by atoms with Gasteiger partial charge in [-0.15, -0.1) is 0 Å². The molecule has 230 valence electrons. The maximum atomic E-state index is 14.8. The number of hydrogen-bond acceptors (Lipinski definition) is 7. The molecule has 11 heteroatoms. The van der Waals surface area contributed by atoms with Crippen LogP contribution in [0.25, 0.3) is 0 Å². The molecule has 3 aliphatic rings. The van der Waals surface area contributed by atoms with Gasteiger partial charge in [0.2, 0.25) is 5.91 Å². The van der Waals surface area contributed by atoms with E-state index < -0.39 is 24.7 Å². The number of nitro benzene ring substituents is 1. The Balaban J connectivity index is 1.43. The highest BCUT2D eigenvalue weighted by atomic mass is 28.3. The van der Waals surface area contributed by atoms with E-state index in [1.165, 1.54) is 12.1 Å². The topological polar surface area (TPSA) is 122 Å². The Kier molecular flexibility index (Phi) is 7.59. The molecule has 0 saturated carbocycles. The van der Waals surface area contributed by atoms with E-state index in [4.69, 9.17) is 9.47 Å². The summed E-state index contributed by atoms with van der Waals surface area (Å²) in [6, 6.07) is 20.1. The third-order valence-electron chi connectivity index (χ3n) is 9.86. The van der Waals surface area contributed by atoms with Crippen molar-refractivity contribution in [2.75, 3.05) is 30.1 Å². The fourth-order valence-electron chi connectivity index (χ4n) is 7.56. The third-order valence-corrected chi connectivity index (χ3v) is 14.2. The molecular formula is C33H37N3O7Si. The van der Waals surface area contributed by atoms with Gasteiger partial charge >= 0.3 is 0 Å². The second-order valence-electron chi connectivity index (χ2n) is 12.5. The smallest absolute Gasteiger partial charge is 0.269 e. The minimum absolute atomic E-state index is 0.0637. The van der Waals surface area contributed by atoms with Crippen LogP contribution in [0.2, 0.25) is 18.6 Å². The van der Waals surface area contributed by atoms with Crippen LogP contribution in [0, 0.1) is 16.0 Å². The van der Waals surface area contributed by atoms with E-state index in [1.807, 2.05) is 43.3 Å². The molecule has 3 aliphatic heterocycles. The number of amides is 2. The Morgan fingerprint density at radius 2 is 1.86 bits per heavy atom. The molecule has 1 spiro atoms. The van der Waals surface area contributed by atoms with Crippen LogP contribution in [0.5, 0.6) is 5.75 Å². The van der Waals surface area contributed by atoms with Crippen molar-refractivity contribution in [3.8, 4) is 5.75 Å².